The van der Waals surface area contributed by atoms with Gasteiger partial charge in [0.1, 0.15) is 5.82 Å². The second-order valence-corrected chi connectivity index (χ2v) is 8.79. The molecule has 1 aliphatic heterocycles. The fourth-order valence-corrected chi connectivity index (χ4v) is 5.29. The number of rotatable bonds is 4. The van der Waals surface area contributed by atoms with Crippen molar-refractivity contribution in [1.29, 1.82) is 0 Å². The smallest absolute Gasteiger partial charge is 0.170 e. The molecule has 0 amide bonds. The quantitative estimate of drug-likeness (QED) is 0.566. The van der Waals surface area contributed by atoms with Crippen molar-refractivity contribution in [3.63, 3.8) is 0 Å². The summed E-state index contributed by atoms with van der Waals surface area (Å²) in [7, 11) is 0. The highest BCUT2D eigenvalue weighted by atomic mass is 35.5. The molecule has 0 aromatic carbocycles. The highest BCUT2D eigenvalue weighted by Crippen LogP contribution is 2.42. The summed E-state index contributed by atoms with van der Waals surface area (Å²) in [4.78, 5) is 11.6. The molecule has 2 fully saturated rings. The predicted molar refractivity (Wildman–Crippen MR) is 123 cm³/mol. The van der Waals surface area contributed by atoms with E-state index in [1.54, 1.807) is 6.20 Å². The van der Waals surface area contributed by atoms with E-state index in [1.165, 1.54) is 32.1 Å². The summed E-state index contributed by atoms with van der Waals surface area (Å²) in [5.41, 5.74) is 2.15. The zero-order chi connectivity index (χ0) is 20.5. The number of aromatic nitrogens is 3. The number of pyridine rings is 2. The lowest BCUT2D eigenvalue weighted by Gasteiger charge is -2.37. The topological polar surface area (TPSA) is 46.0 Å². The molecule has 5 nitrogen and oxygen atoms in total. The Labute approximate surface area is 187 Å². The first-order chi connectivity index (χ1) is 14.7. The fraction of sp³-hybridized carbons (Fsp3) is 0.348. The van der Waals surface area contributed by atoms with Crippen molar-refractivity contribution in [2.75, 3.05) is 0 Å². The number of hydrogen-bond acceptors (Lipinski definition) is 3. The van der Waals surface area contributed by atoms with Gasteiger partial charge in [0.05, 0.1) is 22.8 Å². The first-order valence-corrected chi connectivity index (χ1v) is 11.3. The molecule has 1 saturated carbocycles. The minimum absolute atomic E-state index is 0.0124. The molecule has 2 atom stereocenters. The van der Waals surface area contributed by atoms with Gasteiger partial charge < -0.3 is 14.8 Å². The molecule has 3 aromatic rings. The van der Waals surface area contributed by atoms with Crippen LogP contribution in [0, 0.1) is 0 Å². The van der Waals surface area contributed by atoms with E-state index >= 15 is 0 Å². The van der Waals surface area contributed by atoms with Crippen LogP contribution in [0.15, 0.2) is 61.1 Å². The van der Waals surface area contributed by atoms with Gasteiger partial charge in [0.25, 0.3) is 0 Å². The van der Waals surface area contributed by atoms with Gasteiger partial charge in [-0.25, -0.2) is 4.98 Å². The Morgan fingerprint density at radius 2 is 1.87 bits per heavy atom. The lowest BCUT2D eigenvalue weighted by atomic mass is 9.92. The normalized spacial score (nSPS) is 22.3. The largest absolute Gasteiger partial charge is 0.352 e. The Morgan fingerprint density at radius 1 is 1.00 bits per heavy atom. The number of nitrogens with zero attached hydrogens (tertiary/aromatic N) is 4. The maximum absolute atomic E-state index is 6.07. The second kappa shape index (κ2) is 8.36. The molecule has 0 radical (unpaired) electrons. The van der Waals surface area contributed by atoms with E-state index in [9.17, 15) is 0 Å². The Kier molecular flexibility index (Phi) is 5.44. The summed E-state index contributed by atoms with van der Waals surface area (Å²) in [6, 6.07) is 14.6. The molecule has 0 spiro atoms. The fourth-order valence-electron chi connectivity index (χ4n) is 4.79. The third kappa shape index (κ3) is 3.59. The minimum Gasteiger partial charge on any atom is -0.352 e. The van der Waals surface area contributed by atoms with Crippen molar-refractivity contribution >= 4 is 28.9 Å². The summed E-state index contributed by atoms with van der Waals surface area (Å²) in [5.74, 6) is 0.848. The Hall–Kier alpha value is -2.44. The van der Waals surface area contributed by atoms with E-state index in [0.717, 1.165) is 22.3 Å². The average Bonchev–Trinajstić information content (AvgIpc) is 3.40. The molecule has 7 heteroatoms. The average molecular weight is 438 g/mol. The zero-order valence-corrected chi connectivity index (χ0v) is 18.2. The molecule has 0 unspecified atom stereocenters. The molecule has 1 aliphatic carbocycles. The third-order valence-corrected chi connectivity index (χ3v) is 6.70. The van der Waals surface area contributed by atoms with Crippen molar-refractivity contribution in [3.05, 3.63) is 77.5 Å². The summed E-state index contributed by atoms with van der Waals surface area (Å²) in [6.45, 7) is 0. The van der Waals surface area contributed by atoms with Crippen LogP contribution in [0.3, 0.4) is 0 Å². The van der Waals surface area contributed by atoms with Crippen LogP contribution in [0.5, 0.6) is 0 Å². The zero-order valence-electron chi connectivity index (χ0n) is 16.6. The van der Waals surface area contributed by atoms with E-state index in [1.807, 2.05) is 30.5 Å². The van der Waals surface area contributed by atoms with Crippen LogP contribution in [0.1, 0.15) is 55.6 Å². The Morgan fingerprint density at radius 3 is 2.60 bits per heavy atom. The van der Waals surface area contributed by atoms with Crippen molar-refractivity contribution in [3.8, 4) is 5.82 Å². The first kappa shape index (κ1) is 19.5. The summed E-state index contributed by atoms with van der Waals surface area (Å²) in [5, 5.41) is 5.03. The van der Waals surface area contributed by atoms with Crippen LogP contribution < -0.4 is 5.32 Å². The number of thiocarbonyl (C=S) groups is 1. The Balaban J connectivity index is 1.60. The summed E-state index contributed by atoms with van der Waals surface area (Å²) in [6.07, 6.45) is 11.8. The molecule has 3 aromatic heterocycles. The van der Waals surface area contributed by atoms with Gasteiger partial charge in [0.15, 0.2) is 5.11 Å². The van der Waals surface area contributed by atoms with Gasteiger partial charge >= 0.3 is 0 Å². The van der Waals surface area contributed by atoms with Gasteiger partial charge in [-0.3, -0.25) is 4.98 Å². The van der Waals surface area contributed by atoms with Gasteiger partial charge in [0, 0.05) is 30.3 Å². The van der Waals surface area contributed by atoms with E-state index < -0.39 is 0 Å². The second-order valence-electron chi connectivity index (χ2n) is 7.96. The predicted octanol–water partition coefficient (Wildman–Crippen LogP) is 5.23. The molecule has 5 rings (SSSR count). The first-order valence-electron chi connectivity index (χ1n) is 10.5. The van der Waals surface area contributed by atoms with Gasteiger partial charge in [-0.1, -0.05) is 36.9 Å². The van der Waals surface area contributed by atoms with E-state index in [4.69, 9.17) is 23.8 Å². The standard InChI is InChI=1S/C23H24ClN5S/c24-16-11-12-20(26-15-16)28-14-6-10-19(28)22-21(18-9-4-5-13-25-18)27-23(30)29(22)17-7-2-1-3-8-17/h4-6,9-15,17,21-22H,1-3,7-8H2,(H,27,30)/t21-,22+/m1/s1. The lowest BCUT2D eigenvalue weighted by Crippen LogP contribution is -2.40. The third-order valence-electron chi connectivity index (χ3n) is 6.15. The van der Waals surface area contributed by atoms with Crippen molar-refractivity contribution < 1.29 is 0 Å². The van der Waals surface area contributed by atoms with Crippen LogP contribution in [0.2, 0.25) is 5.02 Å². The summed E-state index contributed by atoms with van der Waals surface area (Å²) >= 11 is 11.9. The monoisotopic (exact) mass is 437 g/mol. The van der Waals surface area contributed by atoms with Crippen LogP contribution >= 0.6 is 23.8 Å². The molecule has 2 aliphatic rings. The number of halogens is 1. The van der Waals surface area contributed by atoms with Crippen molar-refractivity contribution in [2.24, 2.45) is 0 Å². The Bertz CT molecular complexity index is 1010. The van der Waals surface area contributed by atoms with Crippen molar-refractivity contribution in [1.82, 2.24) is 24.8 Å². The van der Waals surface area contributed by atoms with Crippen LogP contribution in [-0.2, 0) is 0 Å². The van der Waals surface area contributed by atoms with E-state index in [-0.39, 0.29) is 12.1 Å². The van der Waals surface area contributed by atoms with Gasteiger partial charge in [0.2, 0.25) is 0 Å². The van der Waals surface area contributed by atoms with Crippen LogP contribution in [-0.4, -0.2) is 30.6 Å². The minimum atomic E-state index is -0.0124. The molecule has 1 N–H and O–H groups in total. The highest BCUT2D eigenvalue weighted by molar-refractivity contribution is 7.80. The molecule has 4 heterocycles. The van der Waals surface area contributed by atoms with Gasteiger partial charge in [-0.15, -0.1) is 0 Å². The SMILES string of the molecule is S=C1N[C@H](c2ccccn2)[C@H](c2cccn2-c2ccc(Cl)cn2)N1C1CCCCC1. The number of nitrogens with one attached hydrogen (secondary N) is 1. The maximum atomic E-state index is 6.07. The van der Waals surface area contributed by atoms with Crippen molar-refractivity contribution in [2.45, 2.75) is 50.2 Å². The van der Waals surface area contributed by atoms with Gasteiger partial charge in [-0.2, -0.15) is 0 Å². The van der Waals surface area contributed by atoms with E-state index in [0.29, 0.717) is 11.1 Å². The van der Waals surface area contributed by atoms with Crippen LogP contribution in [0.25, 0.3) is 5.82 Å². The maximum Gasteiger partial charge on any atom is 0.170 e. The molecular weight excluding hydrogens is 414 g/mol. The molecule has 154 valence electrons. The molecule has 30 heavy (non-hydrogen) atoms. The highest BCUT2D eigenvalue weighted by Gasteiger charge is 2.44. The molecular formula is C23H24ClN5S. The molecule has 0 bridgehead atoms. The van der Waals surface area contributed by atoms with Gasteiger partial charge in [-0.05, 0) is 61.5 Å². The number of hydrogen-bond donors (Lipinski definition) is 1. The molecule has 1 saturated heterocycles. The van der Waals surface area contributed by atoms with Crippen LogP contribution in [0.4, 0.5) is 0 Å². The summed E-state index contributed by atoms with van der Waals surface area (Å²) < 4.78 is 2.14. The lowest BCUT2D eigenvalue weighted by molar-refractivity contribution is 0.193. The van der Waals surface area contributed by atoms with E-state index in [2.05, 4.69) is 49.1 Å².